The van der Waals surface area contributed by atoms with Crippen molar-refractivity contribution in [2.45, 2.75) is 26.3 Å². The number of carbonyl (C=O) groups excluding carboxylic acids is 1. The molecule has 2 aromatic rings. The number of rotatable bonds is 7. The number of nitrogens with one attached hydrogen (secondary N) is 2. The smallest absolute Gasteiger partial charge is 0.411 e. The van der Waals surface area contributed by atoms with Gasteiger partial charge in [0.2, 0.25) is 0 Å². The Morgan fingerprint density at radius 1 is 1.20 bits per heavy atom. The minimum Gasteiger partial charge on any atom is -0.449 e. The van der Waals surface area contributed by atoms with Crippen LogP contribution in [0.15, 0.2) is 42.5 Å². The second-order valence-electron chi connectivity index (χ2n) is 5.40. The first-order valence-corrected chi connectivity index (χ1v) is 8.10. The Morgan fingerprint density at radius 3 is 2.72 bits per heavy atom. The normalized spacial score (nSPS) is 9.96. The molecule has 6 heteroatoms. The van der Waals surface area contributed by atoms with Crippen LogP contribution in [0, 0.1) is 17.1 Å². The third kappa shape index (κ3) is 5.21. The first kappa shape index (κ1) is 18.3. The molecule has 0 fully saturated rings. The van der Waals surface area contributed by atoms with Crippen molar-refractivity contribution in [3.63, 3.8) is 0 Å². The van der Waals surface area contributed by atoms with E-state index in [1.807, 2.05) is 25.1 Å². The summed E-state index contributed by atoms with van der Waals surface area (Å²) in [5.74, 6) is -0.589. The van der Waals surface area contributed by atoms with Crippen LogP contribution < -0.4 is 10.6 Å². The Bertz CT molecular complexity index is 772. The van der Waals surface area contributed by atoms with Crippen LogP contribution in [-0.2, 0) is 11.3 Å². The number of para-hydroxylation sites is 1. The molecule has 0 aliphatic heterocycles. The number of amides is 1. The molecule has 0 atom stereocenters. The highest BCUT2D eigenvalue weighted by Crippen LogP contribution is 2.21. The molecule has 0 heterocycles. The third-order valence-electron chi connectivity index (χ3n) is 3.57. The molecule has 0 saturated heterocycles. The maximum Gasteiger partial charge on any atom is 0.411 e. The van der Waals surface area contributed by atoms with Crippen molar-refractivity contribution in [3.05, 3.63) is 59.4 Å². The van der Waals surface area contributed by atoms with E-state index in [0.717, 1.165) is 18.4 Å². The lowest BCUT2D eigenvalue weighted by atomic mass is 10.1. The van der Waals surface area contributed by atoms with Gasteiger partial charge in [0.05, 0.1) is 17.9 Å². The van der Waals surface area contributed by atoms with Crippen molar-refractivity contribution in [2.24, 2.45) is 0 Å². The number of unbranched alkanes of at least 4 members (excludes halogenated alkanes) is 1. The van der Waals surface area contributed by atoms with E-state index in [0.29, 0.717) is 12.3 Å². The SMILES string of the molecule is CCCCOC(=O)Nc1ccccc1CNc1cccc(C#N)c1F. The Kier molecular flexibility index (Phi) is 6.78. The molecule has 0 aliphatic carbocycles. The third-order valence-corrected chi connectivity index (χ3v) is 3.57. The summed E-state index contributed by atoms with van der Waals surface area (Å²) in [5, 5.41) is 14.5. The maximum atomic E-state index is 14.1. The summed E-state index contributed by atoms with van der Waals surface area (Å²) >= 11 is 0. The van der Waals surface area contributed by atoms with Crippen LogP contribution in [-0.4, -0.2) is 12.7 Å². The number of carbonyl (C=O) groups is 1. The fourth-order valence-electron chi connectivity index (χ4n) is 2.20. The first-order valence-electron chi connectivity index (χ1n) is 8.10. The Labute approximate surface area is 146 Å². The Morgan fingerprint density at radius 2 is 1.96 bits per heavy atom. The Hall–Kier alpha value is -3.07. The minimum absolute atomic E-state index is 0.0177. The molecule has 0 spiro atoms. The summed E-state index contributed by atoms with van der Waals surface area (Å²) < 4.78 is 19.2. The van der Waals surface area contributed by atoms with Crippen LogP contribution in [0.4, 0.5) is 20.6 Å². The Balaban J connectivity index is 2.04. The van der Waals surface area contributed by atoms with Gasteiger partial charge in [0.15, 0.2) is 5.82 Å². The average Bonchev–Trinajstić information content (AvgIpc) is 2.62. The number of benzene rings is 2. The van der Waals surface area contributed by atoms with Gasteiger partial charge in [-0.3, -0.25) is 5.32 Å². The van der Waals surface area contributed by atoms with Gasteiger partial charge in [-0.2, -0.15) is 5.26 Å². The van der Waals surface area contributed by atoms with Crippen LogP contribution in [0.25, 0.3) is 0 Å². The van der Waals surface area contributed by atoms with Gasteiger partial charge in [0.25, 0.3) is 0 Å². The highest BCUT2D eigenvalue weighted by Gasteiger charge is 2.10. The second kappa shape index (κ2) is 9.28. The second-order valence-corrected chi connectivity index (χ2v) is 5.40. The van der Waals surface area contributed by atoms with Crippen molar-refractivity contribution in [2.75, 3.05) is 17.2 Å². The molecule has 25 heavy (non-hydrogen) atoms. The van der Waals surface area contributed by atoms with E-state index in [4.69, 9.17) is 10.00 Å². The fraction of sp³-hybridized carbons (Fsp3) is 0.263. The van der Waals surface area contributed by atoms with Gasteiger partial charge in [-0.1, -0.05) is 37.6 Å². The zero-order valence-electron chi connectivity index (χ0n) is 14.0. The zero-order chi connectivity index (χ0) is 18.1. The first-order chi connectivity index (χ1) is 12.2. The molecule has 0 saturated carbocycles. The molecule has 0 aliphatic rings. The maximum absolute atomic E-state index is 14.1. The van der Waals surface area contributed by atoms with E-state index in [2.05, 4.69) is 10.6 Å². The van der Waals surface area contributed by atoms with E-state index in [9.17, 15) is 9.18 Å². The summed E-state index contributed by atoms with van der Waals surface area (Å²) in [6.07, 6.45) is 1.24. The number of hydrogen-bond acceptors (Lipinski definition) is 4. The van der Waals surface area contributed by atoms with Crippen molar-refractivity contribution < 1.29 is 13.9 Å². The predicted molar refractivity (Wildman–Crippen MR) is 94.8 cm³/mol. The minimum atomic E-state index is -0.589. The molecule has 5 nitrogen and oxygen atoms in total. The van der Waals surface area contributed by atoms with Crippen LogP contribution >= 0.6 is 0 Å². The lowest BCUT2D eigenvalue weighted by molar-refractivity contribution is 0.160. The fourth-order valence-corrected chi connectivity index (χ4v) is 2.20. The number of ether oxygens (including phenoxy) is 1. The van der Waals surface area contributed by atoms with Crippen molar-refractivity contribution in [1.29, 1.82) is 5.26 Å². The van der Waals surface area contributed by atoms with Crippen LogP contribution in [0.2, 0.25) is 0 Å². The van der Waals surface area contributed by atoms with E-state index in [-0.39, 0.29) is 17.8 Å². The highest BCUT2D eigenvalue weighted by molar-refractivity contribution is 5.85. The number of nitriles is 1. The standard InChI is InChI=1S/C19H20FN3O2/c1-2-3-11-25-19(24)23-16-9-5-4-7-15(16)13-22-17-10-6-8-14(12-21)18(17)20/h4-10,22H,2-3,11,13H2,1H3,(H,23,24). The average molecular weight is 341 g/mol. The predicted octanol–water partition coefficient (Wildman–Crippen LogP) is 4.66. The highest BCUT2D eigenvalue weighted by atomic mass is 19.1. The van der Waals surface area contributed by atoms with Gasteiger partial charge in [0, 0.05) is 12.2 Å². The number of halogens is 1. The van der Waals surface area contributed by atoms with E-state index < -0.39 is 11.9 Å². The molecular formula is C19H20FN3O2. The van der Waals surface area contributed by atoms with E-state index in [1.165, 1.54) is 6.07 Å². The quantitative estimate of drug-likeness (QED) is 0.718. The molecule has 0 unspecified atom stereocenters. The lowest BCUT2D eigenvalue weighted by Gasteiger charge is -2.13. The summed E-state index contributed by atoms with van der Waals surface area (Å²) in [5.41, 5.74) is 1.58. The topological polar surface area (TPSA) is 74.2 Å². The van der Waals surface area contributed by atoms with E-state index >= 15 is 0 Å². The van der Waals surface area contributed by atoms with Crippen molar-refractivity contribution >= 4 is 17.5 Å². The number of anilines is 2. The summed E-state index contributed by atoms with van der Waals surface area (Å²) in [4.78, 5) is 11.8. The van der Waals surface area contributed by atoms with Crippen LogP contribution in [0.5, 0.6) is 0 Å². The molecule has 2 aromatic carbocycles. The van der Waals surface area contributed by atoms with Crippen molar-refractivity contribution in [3.8, 4) is 6.07 Å². The van der Waals surface area contributed by atoms with Crippen LogP contribution in [0.3, 0.4) is 0 Å². The molecule has 1 amide bonds. The van der Waals surface area contributed by atoms with Gasteiger partial charge in [-0.05, 0) is 30.2 Å². The van der Waals surface area contributed by atoms with Crippen LogP contribution in [0.1, 0.15) is 30.9 Å². The monoisotopic (exact) mass is 341 g/mol. The zero-order valence-corrected chi connectivity index (χ0v) is 14.0. The molecule has 2 rings (SSSR count). The number of nitrogens with zero attached hydrogens (tertiary/aromatic N) is 1. The molecule has 0 radical (unpaired) electrons. The van der Waals surface area contributed by atoms with Gasteiger partial charge < -0.3 is 10.1 Å². The molecular weight excluding hydrogens is 321 g/mol. The summed E-state index contributed by atoms with van der Waals surface area (Å²) in [6.45, 7) is 2.68. The number of hydrogen-bond donors (Lipinski definition) is 2. The van der Waals surface area contributed by atoms with Gasteiger partial charge in [0.1, 0.15) is 6.07 Å². The molecule has 0 bridgehead atoms. The molecule has 2 N–H and O–H groups in total. The molecule has 130 valence electrons. The van der Waals surface area contributed by atoms with Gasteiger partial charge in [-0.15, -0.1) is 0 Å². The largest absolute Gasteiger partial charge is 0.449 e. The summed E-state index contributed by atoms with van der Waals surface area (Å²) in [6, 6.07) is 13.6. The van der Waals surface area contributed by atoms with E-state index in [1.54, 1.807) is 24.3 Å². The van der Waals surface area contributed by atoms with Gasteiger partial charge >= 0.3 is 6.09 Å². The van der Waals surface area contributed by atoms with Gasteiger partial charge in [-0.25, -0.2) is 9.18 Å². The lowest BCUT2D eigenvalue weighted by Crippen LogP contribution is -2.16. The summed E-state index contributed by atoms with van der Waals surface area (Å²) in [7, 11) is 0. The molecule has 0 aromatic heterocycles. The van der Waals surface area contributed by atoms with Crippen molar-refractivity contribution in [1.82, 2.24) is 0 Å².